The van der Waals surface area contributed by atoms with Crippen molar-refractivity contribution >= 4 is 23.2 Å². The lowest BCUT2D eigenvalue weighted by molar-refractivity contribution is -0.117. The number of nitrogens with zero attached hydrogens (tertiary/aromatic N) is 1. The molecule has 1 aliphatic rings. The highest BCUT2D eigenvalue weighted by Crippen LogP contribution is 2.31. The largest absolute Gasteiger partial charge is 0.396 e. The summed E-state index contributed by atoms with van der Waals surface area (Å²) in [6, 6.07) is 3.82. The van der Waals surface area contributed by atoms with Crippen molar-refractivity contribution in [1.29, 1.82) is 0 Å². The van der Waals surface area contributed by atoms with Crippen LogP contribution in [0, 0.1) is 19.8 Å². The minimum absolute atomic E-state index is 0.0536. The van der Waals surface area contributed by atoms with Crippen LogP contribution >= 0.6 is 11.6 Å². The Morgan fingerprint density at radius 3 is 2.71 bits per heavy atom. The first-order valence-electron chi connectivity index (χ1n) is 5.71. The van der Waals surface area contributed by atoms with Gasteiger partial charge in [-0.1, -0.05) is 11.6 Å². The average molecular weight is 254 g/mol. The number of aryl methyl sites for hydroxylation is 2. The van der Waals surface area contributed by atoms with Crippen LogP contribution in [-0.4, -0.2) is 24.2 Å². The molecule has 1 amide bonds. The lowest BCUT2D eigenvalue weighted by Gasteiger charge is -2.20. The Morgan fingerprint density at radius 2 is 2.12 bits per heavy atom. The van der Waals surface area contributed by atoms with Gasteiger partial charge in [0.25, 0.3) is 0 Å². The summed E-state index contributed by atoms with van der Waals surface area (Å²) in [5.74, 6) is 0.131. The third-order valence-corrected chi connectivity index (χ3v) is 3.64. The van der Waals surface area contributed by atoms with E-state index < -0.39 is 0 Å². The van der Waals surface area contributed by atoms with E-state index in [4.69, 9.17) is 16.7 Å². The van der Waals surface area contributed by atoms with E-state index in [1.54, 1.807) is 4.90 Å². The predicted octanol–water partition coefficient (Wildman–Crippen LogP) is 2.30. The maximum Gasteiger partial charge on any atom is 0.227 e. The molecular weight excluding hydrogens is 238 g/mol. The number of amides is 1. The fourth-order valence-corrected chi connectivity index (χ4v) is 2.41. The molecule has 0 aromatic heterocycles. The second-order valence-corrected chi connectivity index (χ2v) is 5.05. The third kappa shape index (κ3) is 2.31. The van der Waals surface area contributed by atoms with Crippen LogP contribution in [0.3, 0.4) is 0 Å². The van der Waals surface area contributed by atoms with Gasteiger partial charge >= 0.3 is 0 Å². The molecule has 0 aliphatic carbocycles. The van der Waals surface area contributed by atoms with Gasteiger partial charge < -0.3 is 10.0 Å². The first-order valence-corrected chi connectivity index (χ1v) is 6.08. The Hall–Kier alpha value is -1.06. The number of anilines is 1. The number of hydrogen-bond acceptors (Lipinski definition) is 2. The molecule has 1 heterocycles. The quantitative estimate of drug-likeness (QED) is 0.879. The Morgan fingerprint density at radius 1 is 1.41 bits per heavy atom. The van der Waals surface area contributed by atoms with Crippen LogP contribution in [0.5, 0.6) is 0 Å². The zero-order valence-corrected chi connectivity index (χ0v) is 10.8. The molecule has 1 fully saturated rings. The van der Waals surface area contributed by atoms with Crippen LogP contribution in [0.1, 0.15) is 17.5 Å². The predicted molar refractivity (Wildman–Crippen MR) is 68.5 cm³/mol. The number of aliphatic hydroxyl groups is 1. The molecule has 2 rings (SSSR count). The number of carbonyl (C=O) groups is 1. The monoisotopic (exact) mass is 253 g/mol. The molecule has 1 saturated heterocycles. The summed E-state index contributed by atoms with van der Waals surface area (Å²) in [5.41, 5.74) is 2.87. The summed E-state index contributed by atoms with van der Waals surface area (Å²) in [7, 11) is 0. The number of benzene rings is 1. The minimum atomic E-state index is 0.0536. The van der Waals surface area contributed by atoms with E-state index >= 15 is 0 Å². The zero-order chi connectivity index (χ0) is 12.6. The standard InChI is InChI=1S/C13H16ClNO2/c1-8-4-12(9(2)3-11(8)14)15-6-10(7-16)5-13(15)17/h3-4,10,16H,5-7H2,1-2H3. The molecule has 4 heteroatoms. The lowest BCUT2D eigenvalue weighted by Crippen LogP contribution is -2.25. The number of rotatable bonds is 2. The Bertz CT molecular complexity index is 459. The van der Waals surface area contributed by atoms with Crippen LogP contribution in [0.4, 0.5) is 5.69 Å². The van der Waals surface area contributed by atoms with Gasteiger partial charge in [-0.05, 0) is 37.1 Å². The lowest BCUT2D eigenvalue weighted by atomic mass is 10.1. The normalized spacial score (nSPS) is 20.1. The highest BCUT2D eigenvalue weighted by atomic mass is 35.5. The maximum atomic E-state index is 11.9. The number of halogens is 1. The summed E-state index contributed by atoms with van der Waals surface area (Å²) < 4.78 is 0. The molecule has 1 unspecified atom stereocenters. The smallest absolute Gasteiger partial charge is 0.227 e. The SMILES string of the molecule is Cc1cc(N2CC(CO)CC2=O)c(C)cc1Cl. The van der Waals surface area contributed by atoms with E-state index in [1.807, 2.05) is 26.0 Å². The van der Waals surface area contributed by atoms with Crippen molar-refractivity contribution < 1.29 is 9.90 Å². The zero-order valence-electron chi connectivity index (χ0n) is 10.0. The molecule has 1 aromatic carbocycles. The van der Waals surface area contributed by atoms with Crippen molar-refractivity contribution in [2.45, 2.75) is 20.3 Å². The number of hydrogen-bond donors (Lipinski definition) is 1. The molecule has 1 atom stereocenters. The maximum absolute atomic E-state index is 11.9. The first-order chi connectivity index (χ1) is 8.02. The molecule has 3 nitrogen and oxygen atoms in total. The van der Waals surface area contributed by atoms with E-state index in [2.05, 4.69) is 0 Å². The Labute approximate surface area is 106 Å². The van der Waals surface area contributed by atoms with Crippen molar-refractivity contribution in [1.82, 2.24) is 0 Å². The van der Waals surface area contributed by atoms with E-state index in [0.29, 0.717) is 13.0 Å². The average Bonchev–Trinajstić information content (AvgIpc) is 2.65. The molecule has 0 spiro atoms. The Kier molecular flexibility index (Phi) is 3.40. The second kappa shape index (κ2) is 4.67. The second-order valence-electron chi connectivity index (χ2n) is 4.64. The third-order valence-electron chi connectivity index (χ3n) is 3.23. The van der Waals surface area contributed by atoms with E-state index in [0.717, 1.165) is 21.8 Å². The minimum Gasteiger partial charge on any atom is -0.396 e. The molecule has 1 aliphatic heterocycles. The van der Waals surface area contributed by atoms with Gasteiger partial charge in [0, 0.05) is 36.2 Å². The van der Waals surface area contributed by atoms with Gasteiger partial charge in [0.15, 0.2) is 0 Å². The van der Waals surface area contributed by atoms with Gasteiger partial charge in [-0.25, -0.2) is 0 Å². The van der Waals surface area contributed by atoms with Gasteiger partial charge in [0.1, 0.15) is 0 Å². The van der Waals surface area contributed by atoms with Crippen molar-refractivity contribution in [2.75, 3.05) is 18.1 Å². The first kappa shape index (κ1) is 12.4. The van der Waals surface area contributed by atoms with Gasteiger partial charge in [-0.15, -0.1) is 0 Å². The summed E-state index contributed by atoms with van der Waals surface area (Å²) >= 11 is 6.04. The molecule has 0 radical (unpaired) electrons. The topological polar surface area (TPSA) is 40.5 Å². The van der Waals surface area contributed by atoms with Crippen molar-refractivity contribution in [3.05, 3.63) is 28.3 Å². The molecule has 17 heavy (non-hydrogen) atoms. The van der Waals surface area contributed by atoms with Crippen LogP contribution in [0.15, 0.2) is 12.1 Å². The van der Waals surface area contributed by atoms with E-state index in [1.165, 1.54) is 0 Å². The Balaban J connectivity index is 2.35. The molecule has 0 bridgehead atoms. The number of aliphatic hydroxyl groups excluding tert-OH is 1. The van der Waals surface area contributed by atoms with Crippen LogP contribution in [-0.2, 0) is 4.79 Å². The highest BCUT2D eigenvalue weighted by Gasteiger charge is 2.30. The summed E-state index contributed by atoms with van der Waals surface area (Å²) in [6.07, 6.45) is 0.428. The van der Waals surface area contributed by atoms with Crippen LogP contribution in [0.2, 0.25) is 5.02 Å². The van der Waals surface area contributed by atoms with Crippen LogP contribution in [0.25, 0.3) is 0 Å². The highest BCUT2D eigenvalue weighted by molar-refractivity contribution is 6.31. The van der Waals surface area contributed by atoms with Gasteiger partial charge in [-0.2, -0.15) is 0 Å². The fourth-order valence-electron chi connectivity index (χ4n) is 2.19. The van der Waals surface area contributed by atoms with Crippen molar-refractivity contribution in [3.63, 3.8) is 0 Å². The van der Waals surface area contributed by atoms with E-state index in [9.17, 15) is 4.79 Å². The summed E-state index contributed by atoms with van der Waals surface area (Å²) in [4.78, 5) is 13.6. The molecule has 0 saturated carbocycles. The van der Waals surface area contributed by atoms with Crippen molar-refractivity contribution in [3.8, 4) is 0 Å². The number of carbonyl (C=O) groups excluding carboxylic acids is 1. The fraction of sp³-hybridized carbons (Fsp3) is 0.462. The molecular formula is C13H16ClNO2. The summed E-state index contributed by atoms with van der Waals surface area (Å²) in [6.45, 7) is 4.53. The summed E-state index contributed by atoms with van der Waals surface area (Å²) in [5, 5.41) is 9.84. The van der Waals surface area contributed by atoms with E-state index in [-0.39, 0.29) is 18.4 Å². The van der Waals surface area contributed by atoms with Crippen molar-refractivity contribution in [2.24, 2.45) is 5.92 Å². The van der Waals surface area contributed by atoms with Gasteiger partial charge in [-0.3, -0.25) is 4.79 Å². The molecule has 1 N–H and O–H groups in total. The van der Waals surface area contributed by atoms with Crippen LogP contribution < -0.4 is 4.90 Å². The molecule has 1 aromatic rings. The van der Waals surface area contributed by atoms with Gasteiger partial charge in [0.05, 0.1) is 0 Å². The molecule has 92 valence electrons. The van der Waals surface area contributed by atoms with Gasteiger partial charge in [0.2, 0.25) is 5.91 Å².